The lowest BCUT2D eigenvalue weighted by molar-refractivity contribution is 0.300. The molecule has 0 heterocycles. The third-order valence-electron chi connectivity index (χ3n) is 2.58. The van der Waals surface area contributed by atoms with Gasteiger partial charge < -0.3 is 4.74 Å². The summed E-state index contributed by atoms with van der Waals surface area (Å²) in [7, 11) is 1.36. The van der Waals surface area contributed by atoms with E-state index in [2.05, 4.69) is 15.9 Å². The normalized spacial score (nSPS) is 11.4. The Morgan fingerprint density at radius 3 is 2.48 bits per heavy atom. The summed E-state index contributed by atoms with van der Waals surface area (Å²) in [6.07, 6.45) is 0. The fraction of sp³-hybridized carbons (Fsp3) is 0.0769. The zero-order valence-electron chi connectivity index (χ0n) is 10.3. The summed E-state index contributed by atoms with van der Waals surface area (Å²) in [5.74, 6) is -0.177. The van der Waals surface area contributed by atoms with E-state index in [1.54, 1.807) is 12.1 Å². The molecule has 112 valence electrons. The SMILES string of the molecule is O=S(=O)(Cl)c1ccc(OCc2ccc(Br)cc2F)c(Cl)c1. The Balaban J connectivity index is 2.17. The van der Waals surface area contributed by atoms with Crippen molar-refractivity contribution in [3.63, 3.8) is 0 Å². The van der Waals surface area contributed by atoms with Crippen LogP contribution in [0.1, 0.15) is 5.56 Å². The molecule has 0 unspecified atom stereocenters. The quantitative estimate of drug-likeness (QED) is 0.679. The van der Waals surface area contributed by atoms with Crippen molar-refractivity contribution in [2.45, 2.75) is 11.5 Å². The maximum atomic E-state index is 13.6. The summed E-state index contributed by atoms with van der Waals surface area (Å²) >= 11 is 9.08. The Hall–Kier alpha value is -0.820. The van der Waals surface area contributed by atoms with E-state index in [1.807, 2.05) is 0 Å². The van der Waals surface area contributed by atoms with Crippen molar-refractivity contribution in [2.24, 2.45) is 0 Å². The molecule has 0 spiro atoms. The third-order valence-corrected chi connectivity index (χ3v) is 4.72. The second-order valence-corrected chi connectivity index (χ2v) is 7.94. The highest BCUT2D eigenvalue weighted by atomic mass is 79.9. The van der Waals surface area contributed by atoms with Gasteiger partial charge in [-0.25, -0.2) is 12.8 Å². The maximum Gasteiger partial charge on any atom is 0.261 e. The number of rotatable bonds is 4. The fourth-order valence-corrected chi connectivity index (χ4v) is 2.95. The second kappa shape index (κ2) is 6.52. The van der Waals surface area contributed by atoms with Gasteiger partial charge in [-0.1, -0.05) is 33.6 Å². The van der Waals surface area contributed by atoms with Gasteiger partial charge in [-0.15, -0.1) is 0 Å². The first-order valence-corrected chi connectivity index (χ1v) is 9.06. The van der Waals surface area contributed by atoms with Gasteiger partial charge in [0.2, 0.25) is 0 Å². The zero-order valence-corrected chi connectivity index (χ0v) is 14.2. The number of benzene rings is 2. The standard InChI is InChI=1S/C13H8BrCl2FO3S/c14-9-2-1-8(12(17)5-9)7-20-13-4-3-10(6-11(13)15)21(16,18)19/h1-6H,7H2. The summed E-state index contributed by atoms with van der Waals surface area (Å²) in [4.78, 5) is -0.128. The van der Waals surface area contributed by atoms with E-state index in [0.717, 1.165) is 0 Å². The molecule has 0 N–H and O–H groups in total. The van der Waals surface area contributed by atoms with E-state index in [9.17, 15) is 12.8 Å². The van der Waals surface area contributed by atoms with Crippen LogP contribution in [0.15, 0.2) is 45.8 Å². The van der Waals surface area contributed by atoms with Crippen LogP contribution in [0.25, 0.3) is 0 Å². The summed E-state index contributed by atoms with van der Waals surface area (Å²) in [5.41, 5.74) is 0.350. The smallest absolute Gasteiger partial charge is 0.261 e. The van der Waals surface area contributed by atoms with E-state index in [-0.39, 0.29) is 22.3 Å². The third kappa shape index (κ3) is 4.32. The van der Waals surface area contributed by atoms with Crippen LogP contribution in [-0.4, -0.2) is 8.42 Å². The first-order valence-electron chi connectivity index (χ1n) is 5.58. The summed E-state index contributed by atoms with van der Waals surface area (Å²) < 4.78 is 42.0. The minimum atomic E-state index is -3.85. The molecule has 0 aliphatic carbocycles. The molecule has 0 bridgehead atoms. The minimum absolute atomic E-state index is 0.0359. The highest BCUT2D eigenvalue weighted by Crippen LogP contribution is 2.29. The molecule has 3 nitrogen and oxygen atoms in total. The molecule has 0 fully saturated rings. The number of hydrogen-bond donors (Lipinski definition) is 0. The van der Waals surface area contributed by atoms with E-state index < -0.39 is 14.9 Å². The van der Waals surface area contributed by atoms with E-state index >= 15 is 0 Å². The lowest BCUT2D eigenvalue weighted by Gasteiger charge is -2.09. The molecule has 0 aliphatic heterocycles. The van der Waals surface area contributed by atoms with Gasteiger partial charge in [0.1, 0.15) is 18.2 Å². The van der Waals surface area contributed by atoms with Gasteiger partial charge in [0.05, 0.1) is 9.92 Å². The molecule has 0 saturated carbocycles. The van der Waals surface area contributed by atoms with Gasteiger partial charge in [-0.2, -0.15) is 0 Å². The van der Waals surface area contributed by atoms with E-state index in [0.29, 0.717) is 10.0 Å². The molecule has 2 aromatic rings. The zero-order chi connectivity index (χ0) is 15.6. The van der Waals surface area contributed by atoms with Crippen molar-refractivity contribution in [1.82, 2.24) is 0 Å². The van der Waals surface area contributed by atoms with Crippen LogP contribution >= 0.6 is 38.2 Å². The Morgan fingerprint density at radius 2 is 1.90 bits per heavy atom. The highest BCUT2D eigenvalue weighted by Gasteiger charge is 2.13. The molecule has 2 aromatic carbocycles. The Morgan fingerprint density at radius 1 is 1.19 bits per heavy atom. The van der Waals surface area contributed by atoms with Crippen LogP contribution in [0, 0.1) is 5.82 Å². The summed E-state index contributed by atoms with van der Waals surface area (Å²) in [5, 5.41) is 0.0780. The largest absolute Gasteiger partial charge is 0.487 e. The van der Waals surface area contributed by atoms with Gasteiger partial charge in [-0.3, -0.25) is 0 Å². The predicted octanol–water partition coefficient (Wildman–Crippen LogP) is 4.75. The first-order chi connectivity index (χ1) is 9.77. The predicted molar refractivity (Wildman–Crippen MR) is 82.9 cm³/mol. The Labute approximate surface area is 139 Å². The molecule has 0 aromatic heterocycles. The maximum absolute atomic E-state index is 13.6. The molecule has 2 rings (SSSR count). The molecule has 8 heteroatoms. The van der Waals surface area contributed by atoms with Crippen LogP contribution in [0.5, 0.6) is 5.75 Å². The molecular weight excluding hydrogens is 406 g/mol. The fourth-order valence-electron chi connectivity index (χ4n) is 1.54. The van der Waals surface area contributed by atoms with Crippen LogP contribution in [-0.2, 0) is 15.7 Å². The van der Waals surface area contributed by atoms with Crippen molar-refractivity contribution < 1.29 is 17.5 Å². The topological polar surface area (TPSA) is 43.4 Å². The van der Waals surface area contributed by atoms with E-state index in [4.69, 9.17) is 27.0 Å². The van der Waals surface area contributed by atoms with Crippen molar-refractivity contribution in [3.8, 4) is 5.75 Å². The van der Waals surface area contributed by atoms with Gasteiger partial charge in [-0.05, 0) is 30.3 Å². The van der Waals surface area contributed by atoms with Crippen LogP contribution < -0.4 is 4.74 Å². The van der Waals surface area contributed by atoms with Crippen molar-refractivity contribution in [2.75, 3.05) is 0 Å². The van der Waals surface area contributed by atoms with Gasteiger partial charge >= 0.3 is 0 Å². The lowest BCUT2D eigenvalue weighted by Crippen LogP contribution is -1.99. The first kappa shape index (κ1) is 16.5. The molecule has 0 amide bonds. The summed E-state index contributed by atoms with van der Waals surface area (Å²) in [6, 6.07) is 8.40. The number of ether oxygens (including phenoxy) is 1. The van der Waals surface area contributed by atoms with Crippen molar-refractivity contribution in [3.05, 3.63) is 57.3 Å². The lowest BCUT2D eigenvalue weighted by atomic mass is 10.2. The Kier molecular flexibility index (Phi) is 5.14. The average Bonchev–Trinajstić information content (AvgIpc) is 2.38. The Bertz CT molecular complexity index is 781. The minimum Gasteiger partial charge on any atom is -0.487 e. The van der Waals surface area contributed by atoms with Crippen LogP contribution in [0.2, 0.25) is 5.02 Å². The second-order valence-electron chi connectivity index (χ2n) is 4.05. The number of hydrogen-bond acceptors (Lipinski definition) is 3. The molecule has 0 saturated heterocycles. The van der Waals surface area contributed by atoms with Gasteiger partial charge in [0.25, 0.3) is 9.05 Å². The highest BCUT2D eigenvalue weighted by molar-refractivity contribution is 9.10. The van der Waals surface area contributed by atoms with E-state index in [1.165, 1.54) is 24.3 Å². The van der Waals surface area contributed by atoms with Crippen LogP contribution in [0.4, 0.5) is 4.39 Å². The van der Waals surface area contributed by atoms with Crippen molar-refractivity contribution >= 4 is 47.3 Å². The molecular formula is C13H8BrCl2FO3S. The summed E-state index contributed by atoms with van der Waals surface area (Å²) in [6.45, 7) is -0.0359. The van der Waals surface area contributed by atoms with Crippen molar-refractivity contribution in [1.29, 1.82) is 0 Å². The monoisotopic (exact) mass is 412 g/mol. The molecule has 0 radical (unpaired) electrons. The van der Waals surface area contributed by atoms with Gasteiger partial charge in [0.15, 0.2) is 0 Å². The molecule has 0 aliphatic rings. The van der Waals surface area contributed by atoms with Gasteiger partial charge in [0, 0.05) is 20.7 Å². The molecule has 21 heavy (non-hydrogen) atoms. The van der Waals surface area contributed by atoms with Crippen LogP contribution in [0.3, 0.4) is 0 Å². The molecule has 0 atom stereocenters. The average molecular weight is 414 g/mol. The number of halogens is 4.